The maximum atomic E-state index is 2.80. The normalized spacial score (nSPS) is 30.8. The third-order valence-electron chi connectivity index (χ3n) is 5.49. The minimum atomic E-state index is 0.279. The molecule has 0 aromatic heterocycles. The van der Waals surface area contributed by atoms with Crippen molar-refractivity contribution in [3.05, 3.63) is 0 Å². The molecule has 0 amide bonds. The van der Waals surface area contributed by atoms with Crippen molar-refractivity contribution < 1.29 is 0 Å². The second-order valence-electron chi connectivity index (χ2n) is 10.3. The number of piperazine rings is 1. The third kappa shape index (κ3) is 5.17. The predicted octanol–water partition coefficient (Wildman–Crippen LogP) is 3.69. The predicted molar refractivity (Wildman–Crippen MR) is 101 cm³/mol. The lowest BCUT2D eigenvalue weighted by Gasteiger charge is -2.53. The van der Waals surface area contributed by atoms with Gasteiger partial charge < -0.3 is 4.90 Å². The van der Waals surface area contributed by atoms with Crippen LogP contribution in [0.4, 0.5) is 0 Å². The summed E-state index contributed by atoms with van der Waals surface area (Å²) in [5, 5.41) is 0. The molecule has 2 heterocycles. The first-order chi connectivity index (χ1) is 10.5. The number of likely N-dealkylation sites (tertiary alicyclic amines) is 1. The summed E-state index contributed by atoms with van der Waals surface area (Å²) >= 11 is 0. The summed E-state index contributed by atoms with van der Waals surface area (Å²) in [6, 6.07) is 2.12. The van der Waals surface area contributed by atoms with Crippen molar-refractivity contribution in [2.75, 3.05) is 32.7 Å². The highest BCUT2D eigenvalue weighted by Crippen LogP contribution is 2.29. The summed E-state index contributed by atoms with van der Waals surface area (Å²) in [4.78, 5) is 8.19. The second kappa shape index (κ2) is 7.01. The Labute approximate surface area is 145 Å². The maximum absolute atomic E-state index is 2.80. The Morgan fingerprint density at radius 1 is 0.826 bits per heavy atom. The molecule has 2 saturated heterocycles. The smallest absolute Gasteiger partial charge is 0.0203 e. The summed E-state index contributed by atoms with van der Waals surface area (Å²) in [5.74, 6) is 0. The van der Waals surface area contributed by atoms with E-state index in [-0.39, 0.29) is 5.54 Å². The largest absolute Gasteiger partial charge is 0.303 e. The Kier molecular flexibility index (Phi) is 5.86. The Bertz CT molecular complexity index is 359. The lowest BCUT2D eigenvalue weighted by atomic mass is 9.92. The standard InChI is InChI=1S/C20H41N3/c1-16-13-22(14-17(2)23(16)20(6,7)8)18-9-11-21(12-10-18)15-19(3,4)5/h16-18H,9-15H2,1-8H3/t16-,17+. The molecule has 0 aromatic carbocycles. The molecule has 2 rings (SSSR count). The summed E-state index contributed by atoms with van der Waals surface area (Å²) in [6.07, 6.45) is 2.70. The molecule has 2 aliphatic heterocycles. The SMILES string of the molecule is C[C@@H]1CN(C2CCN(CC(C)(C)C)CC2)C[C@H](C)N1C(C)(C)C. The molecule has 0 saturated carbocycles. The molecule has 136 valence electrons. The molecule has 0 unspecified atom stereocenters. The van der Waals surface area contributed by atoms with Crippen molar-refractivity contribution in [1.82, 2.24) is 14.7 Å². The fraction of sp³-hybridized carbons (Fsp3) is 1.00. The van der Waals surface area contributed by atoms with E-state index >= 15 is 0 Å². The molecule has 0 radical (unpaired) electrons. The van der Waals surface area contributed by atoms with E-state index in [0.717, 1.165) is 6.04 Å². The van der Waals surface area contributed by atoms with Crippen molar-refractivity contribution in [1.29, 1.82) is 0 Å². The zero-order valence-electron chi connectivity index (χ0n) is 17.0. The van der Waals surface area contributed by atoms with Gasteiger partial charge in [-0.15, -0.1) is 0 Å². The van der Waals surface area contributed by atoms with Crippen LogP contribution in [-0.4, -0.2) is 71.1 Å². The van der Waals surface area contributed by atoms with Gasteiger partial charge in [0.05, 0.1) is 0 Å². The maximum Gasteiger partial charge on any atom is 0.0203 e. The zero-order valence-corrected chi connectivity index (χ0v) is 17.0. The first-order valence-corrected chi connectivity index (χ1v) is 9.72. The van der Waals surface area contributed by atoms with Gasteiger partial charge in [0, 0.05) is 43.3 Å². The number of nitrogens with zero attached hydrogens (tertiary/aromatic N) is 3. The van der Waals surface area contributed by atoms with E-state index in [1.165, 1.54) is 45.6 Å². The molecular weight excluding hydrogens is 282 g/mol. The molecule has 3 heteroatoms. The highest BCUT2D eigenvalue weighted by molar-refractivity contribution is 4.94. The molecule has 2 atom stereocenters. The van der Waals surface area contributed by atoms with Gasteiger partial charge in [0.1, 0.15) is 0 Å². The van der Waals surface area contributed by atoms with Gasteiger partial charge in [-0.05, 0) is 66.0 Å². The van der Waals surface area contributed by atoms with E-state index in [1.54, 1.807) is 0 Å². The Morgan fingerprint density at radius 3 is 1.70 bits per heavy atom. The third-order valence-corrected chi connectivity index (χ3v) is 5.49. The van der Waals surface area contributed by atoms with Crippen LogP contribution in [0.25, 0.3) is 0 Å². The van der Waals surface area contributed by atoms with Crippen LogP contribution in [0.2, 0.25) is 0 Å². The van der Waals surface area contributed by atoms with Crippen LogP contribution < -0.4 is 0 Å². The highest BCUT2D eigenvalue weighted by atomic mass is 15.3. The molecule has 2 aliphatic rings. The van der Waals surface area contributed by atoms with E-state index in [2.05, 4.69) is 70.1 Å². The fourth-order valence-corrected chi connectivity index (χ4v) is 5.10. The van der Waals surface area contributed by atoms with Crippen LogP contribution in [0.1, 0.15) is 68.2 Å². The molecule has 3 nitrogen and oxygen atoms in total. The topological polar surface area (TPSA) is 9.72 Å². The van der Waals surface area contributed by atoms with Gasteiger partial charge in [0.25, 0.3) is 0 Å². The Morgan fingerprint density at radius 2 is 1.30 bits per heavy atom. The Balaban J connectivity index is 1.88. The number of hydrogen-bond donors (Lipinski definition) is 0. The summed E-state index contributed by atoms with van der Waals surface area (Å²) < 4.78 is 0. The molecule has 0 aliphatic carbocycles. The minimum Gasteiger partial charge on any atom is -0.303 e. The highest BCUT2D eigenvalue weighted by Gasteiger charge is 2.38. The van der Waals surface area contributed by atoms with Crippen molar-refractivity contribution in [3.8, 4) is 0 Å². The van der Waals surface area contributed by atoms with Crippen LogP contribution in [-0.2, 0) is 0 Å². The van der Waals surface area contributed by atoms with Gasteiger partial charge in [0.2, 0.25) is 0 Å². The number of rotatable bonds is 2. The van der Waals surface area contributed by atoms with E-state index in [4.69, 9.17) is 0 Å². The number of piperidine rings is 1. The molecule has 2 fully saturated rings. The molecular formula is C20H41N3. The van der Waals surface area contributed by atoms with E-state index in [9.17, 15) is 0 Å². The quantitative estimate of drug-likeness (QED) is 0.767. The first kappa shape index (κ1) is 19.2. The van der Waals surface area contributed by atoms with Crippen LogP contribution in [0.5, 0.6) is 0 Å². The van der Waals surface area contributed by atoms with E-state index in [0.29, 0.717) is 17.5 Å². The van der Waals surface area contributed by atoms with Gasteiger partial charge in [-0.25, -0.2) is 0 Å². The Hall–Kier alpha value is -0.120. The summed E-state index contributed by atoms with van der Waals surface area (Å²) in [7, 11) is 0. The molecule has 23 heavy (non-hydrogen) atoms. The van der Waals surface area contributed by atoms with Crippen LogP contribution in [0, 0.1) is 5.41 Å². The first-order valence-electron chi connectivity index (χ1n) is 9.72. The van der Waals surface area contributed by atoms with E-state index < -0.39 is 0 Å². The number of hydrogen-bond acceptors (Lipinski definition) is 3. The van der Waals surface area contributed by atoms with Crippen molar-refractivity contribution in [2.45, 2.75) is 91.9 Å². The van der Waals surface area contributed by atoms with Crippen molar-refractivity contribution in [3.63, 3.8) is 0 Å². The lowest BCUT2D eigenvalue weighted by molar-refractivity contribution is -0.0454. The molecule has 0 aromatic rings. The van der Waals surface area contributed by atoms with Crippen LogP contribution in [0.15, 0.2) is 0 Å². The van der Waals surface area contributed by atoms with Gasteiger partial charge in [0.15, 0.2) is 0 Å². The van der Waals surface area contributed by atoms with Gasteiger partial charge in [-0.1, -0.05) is 20.8 Å². The van der Waals surface area contributed by atoms with Crippen LogP contribution >= 0.6 is 0 Å². The average Bonchev–Trinajstić information content (AvgIpc) is 2.34. The van der Waals surface area contributed by atoms with Gasteiger partial charge in [-0.3, -0.25) is 9.80 Å². The second-order valence-corrected chi connectivity index (χ2v) is 10.3. The zero-order chi connectivity index (χ0) is 17.4. The van der Waals surface area contributed by atoms with Gasteiger partial charge in [-0.2, -0.15) is 0 Å². The van der Waals surface area contributed by atoms with Crippen molar-refractivity contribution >= 4 is 0 Å². The monoisotopic (exact) mass is 323 g/mol. The molecule has 0 spiro atoms. The fourth-order valence-electron chi connectivity index (χ4n) is 5.10. The lowest BCUT2D eigenvalue weighted by Crippen LogP contribution is -2.64. The van der Waals surface area contributed by atoms with Gasteiger partial charge >= 0.3 is 0 Å². The van der Waals surface area contributed by atoms with E-state index in [1.807, 2.05) is 0 Å². The van der Waals surface area contributed by atoms with Crippen molar-refractivity contribution in [2.24, 2.45) is 5.41 Å². The molecule has 0 N–H and O–H groups in total. The minimum absolute atomic E-state index is 0.279. The molecule has 0 bridgehead atoms. The van der Waals surface area contributed by atoms with Crippen LogP contribution in [0.3, 0.4) is 0 Å². The summed E-state index contributed by atoms with van der Waals surface area (Å²) in [6.45, 7) is 25.3. The average molecular weight is 324 g/mol. The summed E-state index contributed by atoms with van der Waals surface area (Å²) in [5.41, 5.74) is 0.704.